The molecule has 182 valence electrons. The van der Waals surface area contributed by atoms with E-state index in [0.717, 1.165) is 6.42 Å². The number of nitrogens with two attached hydrogens (primary N) is 1. The summed E-state index contributed by atoms with van der Waals surface area (Å²) in [6.07, 6.45) is 1.15. The molecule has 5 aliphatic rings. The van der Waals surface area contributed by atoms with Gasteiger partial charge in [0.2, 0.25) is 0 Å². The van der Waals surface area contributed by atoms with Gasteiger partial charge < -0.3 is 20.3 Å². The van der Waals surface area contributed by atoms with E-state index in [1.165, 1.54) is 18.2 Å². The van der Waals surface area contributed by atoms with Gasteiger partial charge in [-0.15, -0.1) is 0 Å². The maximum Gasteiger partial charge on any atom is 0.181 e. The summed E-state index contributed by atoms with van der Waals surface area (Å²) >= 11 is 0. The number of allylic oxidation sites excluding steroid dienone is 4. The predicted molar refractivity (Wildman–Crippen MR) is 115 cm³/mol. The van der Waals surface area contributed by atoms with E-state index in [0.29, 0.717) is 12.8 Å². The zero-order chi connectivity index (χ0) is 24.0. The van der Waals surface area contributed by atoms with Crippen LogP contribution in [0.25, 0.3) is 0 Å². The molecule has 0 bridgehead atoms. The minimum atomic E-state index is -2.20. The first kappa shape index (κ1) is 23.3. The summed E-state index contributed by atoms with van der Waals surface area (Å²) in [5, 5.41) is 11.4. The van der Waals surface area contributed by atoms with E-state index in [1.54, 1.807) is 6.92 Å². The number of hydrogen-bond acceptors (Lipinski definition) is 6. The molecule has 8 heteroatoms. The number of ketones is 2. The van der Waals surface area contributed by atoms with E-state index in [-0.39, 0.29) is 36.5 Å². The standard InChI is InChI=1S/C25H33F2NO5/c1-4-5-21-32-20-10-14-15-9-17(26)16-8-13(29)6-7-22(16,2)24(15,27)18(30)11-23(14,3)25(20,33-21)19(31)12-28/h6-8,14-15,17-18,20-21,30H,4-5,9-12,28H2,1-3H3/t14?,15?,17-,18?,20?,21?,22?,23?,24-,25?/m0/s1. The maximum absolute atomic E-state index is 17.2. The molecular formula is C25H33F2NO5. The van der Waals surface area contributed by atoms with Crippen molar-refractivity contribution >= 4 is 11.6 Å². The minimum absolute atomic E-state index is 0.0449. The Balaban J connectivity index is 1.62. The number of halogens is 2. The topological polar surface area (TPSA) is 98.9 Å². The number of carbonyl (C=O) groups is 2. The minimum Gasteiger partial charge on any atom is -0.390 e. The number of ether oxygens (including phenoxy) is 2. The second-order valence-electron chi connectivity index (χ2n) is 10.9. The number of aliphatic hydroxyl groups excluding tert-OH is 1. The van der Waals surface area contributed by atoms with Crippen LogP contribution < -0.4 is 5.73 Å². The molecule has 3 N–H and O–H groups in total. The number of rotatable bonds is 4. The van der Waals surface area contributed by atoms with Crippen LogP contribution in [0.4, 0.5) is 8.78 Å². The fourth-order valence-electron chi connectivity index (χ4n) is 8.04. The van der Waals surface area contributed by atoms with Gasteiger partial charge in [0.25, 0.3) is 0 Å². The summed E-state index contributed by atoms with van der Waals surface area (Å²) < 4.78 is 45.2. The number of carbonyl (C=O) groups excluding carboxylic acids is 2. The van der Waals surface area contributed by atoms with Crippen molar-refractivity contribution in [3.05, 3.63) is 23.8 Å². The number of Topliss-reactive ketones (excluding diaryl/α,β-unsaturated/α-hetero) is 1. The zero-order valence-electron chi connectivity index (χ0n) is 19.4. The Morgan fingerprint density at radius 3 is 2.70 bits per heavy atom. The van der Waals surface area contributed by atoms with Crippen molar-refractivity contribution in [2.45, 2.75) is 88.8 Å². The van der Waals surface area contributed by atoms with Gasteiger partial charge in [-0.3, -0.25) is 9.59 Å². The quantitative estimate of drug-likeness (QED) is 0.663. The monoisotopic (exact) mass is 465 g/mol. The fraction of sp³-hybridized carbons (Fsp3) is 0.760. The van der Waals surface area contributed by atoms with Gasteiger partial charge in [0.15, 0.2) is 29.1 Å². The third kappa shape index (κ3) is 2.61. The third-order valence-corrected chi connectivity index (χ3v) is 9.55. The van der Waals surface area contributed by atoms with Gasteiger partial charge in [0.1, 0.15) is 6.17 Å². The van der Waals surface area contributed by atoms with E-state index in [2.05, 4.69) is 0 Å². The third-order valence-electron chi connectivity index (χ3n) is 9.55. The lowest BCUT2D eigenvalue weighted by molar-refractivity contribution is -0.233. The predicted octanol–water partition coefficient (Wildman–Crippen LogP) is 2.72. The Kier molecular flexibility index (Phi) is 5.12. The Morgan fingerprint density at radius 1 is 1.30 bits per heavy atom. The molecule has 8 unspecified atom stereocenters. The molecule has 0 amide bonds. The van der Waals surface area contributed by atoms with Gasteiger partial charge in [-0.1, -0.05) is 26.3 Å². The van der Waals surface area contributed by atoms with Gasteiger partial charge in [0, 0.05) is 16.7 Å². The van der Waals surface area contributed by atoms with Crippen molar-refractivity contribution in [2.24, 2.45) is 28.4 Å². The first-order chi connectivity index (χ1) is 15.5. The summed E-state index contributed by atoms with van der Waals surface area (Å²) in [6.45, 7) is 5.13. The lowest BCUT2D eigenvalue weighted by atomic mass is 9.44. The van der Waals surface area contributed by atoms with E-state index in [4.69, 9.17) is 15.2 Å². The van der Waals surface area contributed by atoms with E-state index in [1.807, 2.05) is 13.8 Å². The summed E-state index contributed by atoms with van der Waals surface area (Å²) in [6, 6.07) is 0. The molecule has 0 aromatic carbocycles. The van der Waals surface area contributed by atoms with Crippen LogP contribution in [0.1, 0.15) is 52.9 Å². The molecular weight excluding hydrogens is 432 g/mol. The second kappa shape index (κ2) is 7.26. The molecule has 3 saturated carbocycles. The Morgan fingerprint density at radius 2 is 2.03 bits per heavy atom. The maximum atomic E-state index is 17.2. The molecule has 0 aromatic rings. The largest absolute Gasteiger partial charge is 0.390 e. The highest BCUT2D eigenvalue weighted by Gasteiger charge is 2.79. The van der Waals surface area contributed by atoms with Crippen LogP contribution in [-0.4, -0.2) is 59.2 Å². The molecule has 0 radical (unpaired) electrons. The van der Waals surface area contributed by atoms with Crippen molar-refractivity contribution < 1.29 is 33.0 Å². The van der Waals surface area contributed by atoms with E-state index >= 15 is 8.78 Å². The molecule has 0 aromatic heterocycles. The average molecular weight is 466 g/mol. The average Bonchev–Trinajstić information content (AvgIpc) is 3.24. The zero-order valence-corrected chi connectivity index (χ0v) is 19.4. The highest BCUT2D eigenvalue weighted by Crippen LogP contribution is 2.72. The fourth-order valence-corrected chi connectivity index (χ4v) is 8.04. The van der Waals surface area contributed by atoms with Crippen molar-refractivity contribution in [3.8, 4) is 0 Å². The molecule has 1 heterocycles. The van der Waals surface area contributed by atoms with Gasteiger partial charge in [0.05, 0.1) is 18.8 Å². The summed E-state index contributed by atoms with van der Waals surface area (Å²) in [5.41, 5.74) is -0.130. The van der Waals surface area contributed by atoms with Crippen molar-refractivity contribution in [1.82, 2.24) is 0 Å². The summed E-state index contributed by atoms with van der Waals surface area (Å²) in [5.74, 6) is -2.05. The molecule has 1 aliphatic heterocycles. The molecule has 1 saturated heterocycles. The molecule has 4 fully saturated rings. The lowest BCUT2D eigenvalue weighted by Crippen LogP contribution is -2.71. The first-order valence-electron chi connectivity index (χ1n) is 12.0. The van der Waals surface area contributed by atoms with Crippen LogP contribution in [0.15, 0.2) is 23.8 Å². The van der Waals surface area contributed by atoms with Gasteiger partial charge >= 0.3 is 0 Å². The second-order valence-corrected chi connectivity index (χ2v) is 10.9. The summed E-state index contributed by atoms with van der Waals surface area (Å²) in [7, 11) is 0. The molecule has 0 spiro atoms. The van der Waals surface area contributed by atoms with Gasteiger partial charge in [-0.2, -0.15) is 0 Å². The van der Waals surface area contributed by atoms with Gasteiger partial charge in [-0.05, 0) is 56.3 Å². The first-order valence-corrected chi connectivity index (χ1v) is 12.0. The molecule has 4 aliphatic carbocycles. The van der Waals surface area contributed by atoms with Crippen LogP contribution >= 0.6 is 0 Å². The molecule has 10 atom stereocenters. The highest BCUT2D eigenvalue weighted by atomic mass is 19.1. The smallest absolute Gasteiger partial charge is 0.181 e. The van der Waals surface area contributed by atoms with Crippen LogP contribution in [0.3, 0.4) is 0 Å². The van der Waals surface area contributed by atoms with Crippen LogP contribution in [0, 0.1) is 22.7 Å². The number of hydrogen-bond donors (Lipinski definition) is 2. The Bertz CT molecular complexity index is 953. The highest BCUT2D eigenvalue weighted by molar-refractivity contribution is 6.01. The van der Waals surface area contributed by atoms with E-state index < -0.39 is 58.6 Å². The molecule has 33 heavy (non-hydrogen) atoms. The van der Waals surface area contributed by atoms with Crippen LogP contribution in [-0.2, 0) is 19.1 Å². The number of fused-ring (bicyclic) bond motifs is 7. The molecule has 6 nitrogen and oxygen atoms in total. The Labute approximate surface area is 192 Å². The summed E-state index contributed by atoms with van der Waals surface area (Å²) in [4.78, 5) is 25.3. The van der Waals surface area contributed by atoms with Crippen molar-refractivity contribution in [2.75, 3.05) is 6.54 Å². The van der Waals surface area contributed by atoms with Crippen molar-refractivity contribution in [3.63, 3.8) is 0 Å². The normalized spacial score (nSPS) is 52.6. The van der Waals surface area contributed by atoms with Crippen molar-refractivity contribution in [1.29, 1.82) is 0 Å². The van der Waals surface area contributed by atoms with Crippen LogP contribution in [0.5, 0.6) is 0 Å². The number of aliphatic hydroxyl groups is 1. The Hall–Kier alpha value is -1.48. The number of alkyl halides is 2. The van der Waals surface area contributed by atoms with Gasteiger partial charge in [-0.25, -0.2) is 8.78 Å². The lowest BCUT2D eigenvalue weighted by Gasteiger charge is -2.63. The van der Waals surface area contributed by atoms with E-state index in [9.17, 15) is 14.7 Å². The SMILES string of the molecule is CCCC1OC2CC3C4C[C@H](F)C5=CC(=O)C=CC5(C)[C@@]4(F)C(O)CC3(C)C2(C(=O)CN)O1. The molecule has 5 rings (SSSR count). The van der Waals surface area contributed by atoms with Crippen LogP contribution in [0.2, 0.25) is 0 Å².